The van der Waals surface area contributed by atoms with Gasteiger partial charge < -0.3 is 14.4 Å². The van der Waals surface area contributed by atoms with Gasteiger partial charge in [0.2, 0.25) is 0 Å². The first-order chi connectivity index (χ1) is 11.7. The van der Waals surface area contributed by atoms with Gasteiger partial charge in [-0.2, -0.15) is 0 Å². The van der Waals surface area contributed by atoms with Crippen molar-refractivity contribution in [1.29, 1.82) is 0 Å². The number of rotatable bonds is 9. The molecule has 0 unspecified atom stereocenters. The maximum absolute atomic E-state index is 11.9. The third-order valence-corrected chi connectivity index (χ3v) is 3.99. The van der Waals surface area contributed by atoms with E-state index in [1.165, 1.54) is 0 Å². The molecule has 1 aliphatic rings. The van der Waals surface area contributed by atoms with E-state index in [-0.39, 0.29) is 0 Å². The monoisotopic (exact) mass is 321 g/mol. The van der Waals surface area contributed by atoms with Crippen LogP contribution in [0.15, 0.2) is 92.0 Å². The number of aldehydes is 1. The zero-order chi connectivity index (χ0) is 17.4. The molecule has 0 amide bonds. The number of hydrogen-bond donors (Lipinski definition) is 0. The Kier molecular flexibility index (Phi) is 5.96. The number of hydrogen-bond acceptors (Lipinski definition) is 3. The predicted octanol–water partition coefficient (Wildman–Crippen LogP) is 4.52. The molecule has 0 atom stereocenters. The third-order valence-electron chi connectivity index (χ3n) is 3.99. The van der Waals surface area contributed by atoms with Crippen molar-refractivity contribution in [1.82, 2.24) is 4.90 Å². The SMILES string of the molecule is C=CCC(C=O)(CC=C)N1C=CC=C(OCc2ccccc2)C1=C. The van der Waals surface area contributed by atoms with E-state index < -0.39 is 5.54 Å². The number of carbonyl (C=O) groups excluding carboxylic acids is 1. The highest BCUT2D eigenvalue weighted by molar-refractivity contribution is 5.67. The van der Waals surface area contributed by atoms with Crippen LogP contribution in [-0.4, -0.2) is 16.7 Å². The van der Waals surface area contributed by atoms with Gasteiger partial charge in [0.15, 0.2) is 0 Å². The van der Waals surface area contributed by atoms with Gasteiger partial charge in [0.05, 0.1) is 5.70 Å². The molecule has 0 aromatic heterocycles. The van der Waals surface area contributed by atoms with Crippen LogP contribution in [0.3, 0.4) is 0 Å². The van der Waals surface area contributed by atoms with Crippen LogP contribution in [0.5, 0.6) is 0 Å². The van der Waals surface area contributed by atoms with E-state index in [0.29, 0.717) is 30.9 Å². The minimum Gasteiger partial charge on any atom is -0.487 e. The molecule has 3 heteroatoms. The summed E-state index contributed by atoms with van der Waals surface area (Å²) in [5, 5.41) is 0. The smallest absolute Gasteiger partial charge is 0.146 e. The Balaban J connectivity index is 2.17. The van der Waals surface area contributed by atoms with Crippen LogP contribution in [-0.2, 0) is 16.1 Å². The Morgan fingerprint density at radius 2 is 1.79 bits per heavy atom. The summed E-state index contributed by atoms with van der Waals surface area (Å²) < 4.78 is 5.91. The van der Waals surface area contributed by atoms with E-state index >= 15 is 0 Å². The lowest BCUT2D eigenvalue weighted by Gasteiger charge is -2.41. The number of carbonyl (C=O) groups is 1. The summed E-state index contributed by atoms with van der Waals surface area (Å²) in [6.45, 7) is 12.1. The first-order valence-corrected chi connectivity index (χ1v) is 7.89. The van der Waals surface area contributed by atoms with Gasteiger partial charge in [0, 0.05) is 6.20 Å². The van der Waals surface area contributed by atoms with Crippen molar-refractivity contribution in [2.24, 2.45) is 0 Å². The van der Waals surface area contributed by atoms with Gasteiger partial charge >= 0.3 is 0 Å². The second-order valence-electron chi connectivity index (χ2n) is 5.67. The summed E-state index contributed by atoms with van der Waals surface area (Å²) in [5.74, 6) is 0.653. The standard InChI is InChI=1S/C21H23NO2/c1-4-13-21(17-23,14-5-2)22-15-9-12-20(18(22)3)24-16-19-10-7-6-8-11-19/h4-12,15,17H,1-3,13-14,16H2. The second kappa shape index (κ2) is 8.16. The Labute approximate surface area is 143 Å². The molecule has 0 bridgehead atoms. The molecule has 1 heterocycles. The summed E-state index contributed by atoms with van der Waals surface area (Å²) in [5.41, 5.74) is 0.961. The topological polar surface area (TPSA) is 29.5 Å². The highest BCUT2D eigenvalue weighted by atomic mass is 16.5. The molecule has 0 N–H and O–H groups in total. The minimum atomic E-state index is -0.771. The molecular weight excluding hydrogens is 298 g/mol. The van der Waals surface area contributed by atoms with Crippen molar-refractivity contribution in [3.05, 3.63) is 97.6 Å². The first kappa shape index (κ1) is 17.5. The minimum absolute atomic E-state index is 0.449. The van der Waals surface area contributed by atoms with Crippen LogP contribution in [0.2, 0.25) is 0 Å². The normalized spacial score (nSPS) is 14.1. The Bertz CT molecular complexity index is 660. The van der Waals surface area contributed by atoms with Gasteiger partial charge in [0.1, 0.15) is 24.2 Å². The summed E-state index contributed by atoms with van der Waals surface area (Å²) in [7, 11) is 0. The lowest BCUT2D eigenvalue weighted by Crippen LogP contribution is -2.47. The molecule has 2 rings (SSSR count). The molecule has 24 heavy (non-hydrogen) atoms. The van der Waals surface area contributed by atoms with Crippen LogP contribution in [0.25, 0.3) is 0 Å². The molecule has 1 aromatic carbocycles. The predicted molar refractivity (Wildman–Crippen MR) is 97.9 cm³/mol. The quantitative estimate of drug-likeness (QED) is 0.495. The van der Waals surface area contributed by atoms with Crippen molar-refractivity contribution < 1.29 is 9.53 Å². The highest BCUT2D eigenvalue weighted by Crippen LogP contribution is 2.33. The van der Waals surface area contributed by atoms with Crippen molar-refractivity contribution in [3.63, 3.8) is 0 Å². The molecule has 0 spiro atoms. The number of ether oxygens (including phenoxy) is 1. The Hall–Kier alpha value is -2.81. The molecule has 1 aliphatic heterocycles. The fraction of sp³-hybridized carbons (Fsp3) is 0.190. The zero-order valence-corrected chi connectivity index (χ0v) is 13.9. The lowest BCUT2D eigenvalue weighted by molar-refractivity contribution is -0.116. The lowest BCUT2D eigenvalue weighted by atomic mass is 9.89. The average molecular weight is 321 g/mol. The Morgan fingerprint density at radius 3 is 2.38 bits per heavy atom. The van der Waals surface area contributed by atoms with E-state index in [1.807, 2.05) is 53.6 Å². The van der Waals surface area contributed by atoms with Gasteiger partial charge in [-0.3, -0.25) is 0 Å². The maximum atomic E-state index is 11.9. The van der Waals surface area contributed by atoms with E-state index in [4.69, 9.17) is 4.74 Å². The van der Waals surface area contributed by atoms with E-state index in [9.17, 15) is 4.79 Å². The molecule has 3 nitrogen and oxygen atoms in total. The van der Waals surface area contributed by atoms with Crippen molar-refractivity contribution in [2.75, 3.05) is 0 Å². The molecular formula is C21H23NO2. The van der Waals surface area contributed by atoms with Crippen molar-refractivity contribution in [3.8, 4) is 0 Å². The molecule has 0 saturated carbocycles. The summed E-state index contributed by atoms with van der Waals surface area (Å²) >= 11 is 0. The van der Waals surface area contributed by atoms with E-state index in [0.717, 1.165) is 11.8 Å². The van der Waals surface area contributed by atoms with Gasteiger partial charge in [-0.05, 0) is 30.6 Å². The highest BCUT2D eigenvalue weighted by Gasteiger charge is 2.36. The van der Waals surface area contributed by atoms with Crippen molar-refractivity contribution >= 4 is 6.29 Å². The Morgan fingerprint density at radius 1 is 1.12 bits per heavy atom. The largest absolute Gasteiger partial charge is 0.487 e. The summed E-state index contributed by atoms with van der Waals surface area (Å²) in [6.07, 6.45) is 11.0. The van der Waals surface area contributed by atoms with Crippen LogP contribution >= 0.6 is 0 Å². The van der Waals surface area contributed by atoms with Crippen LogP contribution < -0.4 is 0 Å². The molecule has 1 aromatic rings. The molecule has 0 aliphatic carbocycles. The second-order valence-corrected chi connectivity index (χ2v) is 5.67. The van der Waals surface area contributed by atoms with Crippen molar-refractivity contribution in [2.45, 2.75) is 25.0 Å². The number of benzene rings is 1. The third kappa shape index (κ3) is 3.74. The molecule has 124 valence electrons. The zero-order valence-electron chi connectivity index (χ0n) is 13.9. The van der Waals surface area contributed by atoms with Crippen LogP contribution in [0.1, 0.15) is 18.4 Å². The van der Waals surface area contributed by atoms with Gasteiger partial charge in [-0.15, -0.1) is 13.2 Å². The van der Waals surface area contributed by atoms with Gasteiger partial charge in [0.25, 0.3) is 0 Å². The van der Waals surface area contributed by atoms with Crippen LogP contribution in [0.4, 0.5) is 0 Å². The van der Waals surface area contributed by atoms with Gasteiger partial charge in [-0.1, -0.05) is 49.1 Å². The molecule has 0 fully saturated rings. The maximum Gasteiger partial charge on any atom is 0.146 e. The van der Waals surface area contributed by atoms with E-state index in [2.05, 4.69) is 19.7 Å². The summed E-state index contributed by atoms with van der Waals surface area (Å²) in [4.78, 5) is 13.7. The summed E-state index contributed by atoms with van der Waals surface area (Å²) in [6, 6.07) is 9.92. The fourth-order valence-corrected chi connectivity index (χ4v) is 2.74. The number of nitrogens with zero attached hydrogens (tertiary/aromatic N) is 1. The van der Waals surface area contributed by atoms with Gasteiger partial charge in [-0.25, -0.2) is 0 Å². The molecule has 0 radical (unpaired) electrons. The fourth-order valence-electron chi connectivity index (χ4n) is 2.74. The molecule has 0 saturated heterocycles. The first-order valence-electron chi connectivity index (χ1n) is 7.89. The number of allylic oxidation sites excluding steroid dienone is 2. The average Bonchev–Trinajstić information content (AvgIpc) is 2.61. The van der Waals surface area contributed by atoms with Crippen LogP contribution in [0, 0.1) is 0 Å². The van der Waals surface area contributed by atoms with E-state index in [1.54, 1.807) is 12.2 Å².